The molecule has 0 amide bonds. The van der Waals surface area contributed by atoms with Crippen LogP contribution >= 0.6 is 0 Å². The Bertz CT molecular complexity index is 334. The van der Waals surface area contributed by atoms with Crippen LogP contribution in [0.2, 0.25) is 0 Å². The fourth-order valence-electron chi connectivity index (χ4n) is 1.56. The molecule has 0 aromatic heterocycles. The van der Waals surface area contributed by atoms with Gasteiger partial charge < -0.3 is 0 Å². The van der Waals surface area contributed by atoms with Crippen molar-refractivity contribution in [2.75, 3.05) is 0 Å². The van der Waals surface area contributed by atoms with Gasteiger partial charge in [-0.25, -0.2) is 0 Å². The maximum absolute atomic E-state index is 3.73. The highest BCUT2D eigenvalue weighted by Crippen LogP contribution is 2.13. The quantitative estimate of drug-likeness (QED) is 0.377. The minimum atomic E-state index is 1.08. The van der Waals surface area contributed by atoms with Crippen molar-refractivity contribution in [2.24, 2.45) is 0 Å². The molecule has 23 heavy (non-hydrogen) atoms. The van der Waals surface area contributed by atoms with E-state index in [2.05, 4.69) is 52.1 Å². The van der Waals surface area contributed by atoms with Crippen molar-refractivity contribution in [2.45, 2.75) is 88.0 Å². The summed E-state index contributed by atoms with van der Waals surface area (Å²) in [4.78, 5) is 0. The Labute approximate surface area is 148 Å². The zero-order chi connectivity index (χ0) is 19.1. The lowest BCUT2D eigenvalue weighted by atomic mass is 10.0. The fraction of sp³-hybridized carbons (Fsp3) is 0.565. The minimum absolute atomic E-state index is 1.08. The lowest BCUT2D eigenvalue weighted by molar-refractivity contribution is 0.838. The molecule has 1 rings (SSSR count). The monoisotopic (exact) mass is 320 g/mol. The van der Waals surface area contributed by atoms with Gasteiger partial charge in [-0.15, -0.1) is 13.2 Å². The van der Waals surface area contributed by atoms with Crippen LogP contribution < -0.4 is 0 Å². The van der Waals surface area contributed by atoms with Crippen LogP contribution in [0.4, 0.5) is 0 Å². The Kier molecular flexibility index (Phi) is 37.2. The van der Waals surface area contributed by atoms with Crippen LogP contribution in [0.5, 0.6) is 0 Å². The summed E-state index contributed by atoms with van der Waals surface area (Å²) in [5, 5.41) is 0. The Hall–Kier alpha value is -1.30. The van der Waals surface area contributed by atoms with Crippen molar-refractivity contribution >= 4 is 0 Å². The average Bonchev–Trinajstić information content (AvgIpc) is 2.62. The Morgan fingerprint density at radius 1 is 0.870 bits per heavy atom. The molecule has 0 saturated heterocycles. The SMILES string of the molecule is C=CCC.C=CCCCc1ccc(C)cc1C.CC.CC.CC. The third kappa shape index (κ3) is 23.1. The number of rotatable bonds is 5. The summed E-state index contributed by atoms with van der Waals surface area (Å²) in [6, 6.07) is 6.69. The molecule has 136 valence electrons. The molecule has 1 aromatic carbocycles. The summed E-state index contributed by atoms with van der Waals surface area (Å²) in [6.07, 6.45) is 8.46. The van der Waals surface area contributed by atoms with Crippen molar-refractivity contribution in [3.63, 3.8) is 0 Å². The van der Waals surface area contributed by atoms with E-state index < -0.39 is 0 Å². The smallest absolute Gasteiger partial charge is 0.0273 e. The first kappa shape index (κ1) is 29.7. The number of hydrogen-bond acceptors (Lipinski definition) is 0. The lowest BCUT2D eigenvalue weighted by Gasteiger charge is -2.05. The third-order valence-corrected chi connectivity index (χ3v) is 2.64. The molecule has 0 heterocycles. The molecule has 0 aliphatic rings. The molecular formula is C23H44. The van der Waals surface area contributed by atoms with Gasteiger partial charge in [0.15, 0.2) is 0 Å². The Balaban J connectivity index is -0.000000152. The van der Waals surface area contributed by atoms with Gasteiger partial charge in [-0.1, -0.05) is 84.4 Å². The summed E-state index contributed by atoms with van der Waals surface area (Å²) < 4.78 is 0. The van der Waals surface area contributed by atoms with Gasteiger partial charge in [-0.3, -0.25) is 0 Å². The van der Waals surface area contributed by atoms with Gasteiger partial charge in [0.25, 0.3) is 0 Å². The number of unbranched alkanes of at least 4 members (excludes halogenated alkanes) is 1. The number of hydrogen-bond donors (Lipinski definition) is 0. The summed E-state index contributed by atoms with van der Waals surface area (Å²) in [7, 11) is 0. The second-order valence-corrected chi connectivity index (χ2v) is 4.31. The molecule has 0 radical (unpaired) electrons. The third-order valence-electron chi connectivity index (χ3n) is 2.64. The second kappa shape index (κ2) is 28.8. The minimum Gasteiger partial charge on any atom is -0.103 e. The molecule has 0 aliphatic heterocycles. The zero-order valence-corrected chi connectivity index (χ0v) is 17.6. The van der Waals surface area contributed by atoms with E-state index in [9.17, 15) is 0 Å². The zero-order valence-electron chi connectivity index (χ0n) is 17.6. The lowest BCUT2D eigenvalue weighted by Crippen LogP contribution is -1.89. The van der Waals surface area contributed by atoms with Gasteiger partial charge >= 0.3 is 0 Å². The van der Waals surface area contributed by atoms with Crippen LogP contribution in [-0.4, -0.2) is 0 Å². The van der Waals surface area contributed by atoms with Gasteiger partial charge in [0.05, 0.1) is 0 Å². The average molecular weight is 321 g/mol. The van der Waals surface area contributed by atoms with Gasteiger partial charge in [-0.2, -0.15) is 0 Å². The molecule has 0 heteroatoms. The molecule has 0 aliphatic carbocycles. The van der Waals surface area contributed by atoms with Crippen LogP contribution in [-0.2, 0) is 6.42 Å². The van der Waals surface area contributed by atoms with E-state index in [1.807, 2.05) is 53.7 Å². The van der Waals surface area contributed by atoms with Gasteiger partial charge in [0.1, 0.15) is 0 Å². The summed E-state index contributed by atoms with van der Waals surface area (Å²) >= 11 is 0. The predicted molar refractivity (Wildman–Crippen MR) is 114 cm³/mol. The first-order valence-corrected chi connectivity index (χ1v) is 9.43. The van der Waals surface area contributed by atoms with Crippen molar-refractivity contribution in [1.29, 1.82) is 0 Å². The standard InChI is InChI=1S/C13H18.C4H8.3C2H6/c1-4-5-6-7-13-9-8-11(2)10-12(13)3;1-3-4-2;3*1-2/h4,8-10H,1,5-7H2,2-3H3;3H,1,4H2,2H3;3*1-2H3. The summed E-state index contributed by atoms with van der Waals surface area (Å²) in [5.41, 5.74) is 4.25. The van der Waals surface area contributed by atoms with Crippen LogP contribution in [0.15, 0.2) is 43.5 Å². The largest absolute Gasteiger partial charge is 0.103 e. The molecule has 0 N–H and O–H groups in total. The van der Waals surface area contributed by atoms with E-state index in [1.165, 1.54) is 29.5 Å². The molecule has 0 nitrogen and oxygen atoms in total. The van der Waals surface area contributed by atoms with Crippen LogP contribution in [0.25, 0.3) is 0 Å². The maximum atomic E-state index is 3.73. The van der Waals surface area contributed by atoms with E-state index in [1.54, 1.807) is 0 Å². The fourth-order valence-corrected chi connectivity index (χ4v) is 1.56. The second-order valence-electron chi connectivity index (χ2n) is 4.31. The molecular weight excluding hydrogens is 276 g/mol. The molecule has 0 fully saturated rings. The number of aryl methyl sites for hydroxylation is 3. The van der Waals surface area contributed by atoms with Crippen molar-refractivity contribution in [1.82, 2.24) is 0 Å². The highest BCUT2D eigenvalue weighted by atomic mass is 14.0. The Morgan fingerprint density at radius 2 is 1.35 bits per heavy atom. The van der Waals surface area contributed by atoms with Crippen molar-refractivity contribution < 1.29 is 0 Å². The van der Waals surface area contributed by atoms with E-state index in [0.29, 0.717) is 0 Å². The predicted octanol–water partition coefficient (Wildman–Crippen LogP) is 8.47. The first-order chi connectivity index (χ1) is 11.2. The van der Waals surface area contributed by atoms with Gasteiger partial charge in [0, 0.05) is 0 Å². The van der Waals surface area contributed by atoms with Crippen LogP contribution in [0.3, 0.4) is 0 Å². The van der Waals surface area contributed by atoms with E-state index in [0.717, 1.165) is 12.8 Å². The molecule has 0 atom stereocenters. The highest BCUT2D eigenvalue weighted by molar-refractivity contribution is 5.30. The van der Waals surface area contributed by atoms with Crippen molar-refractivity contribution in [3.8, 4) is 0 Å². The highest BCUT2D eigenvalue weighted by Gasteiger charge is 1.97. The van der Waals surface area contributed by atoms with E-state index >= 15 is 0 Å². The van der Waals surface area contributed by atoms with Crippen LogP contribution in [0.1, 0.15) is 84.4 Å². The van der Waals surface area contributed by atoms with E-state index in [-0.39, 0.29) is 0 Å². The van der Waals surface area contributed by atoms with Crippen molar-refractivity contribution in [3.05, 3.63) is 60.2 Å². The normalized spacial score (nSPS) is 7.52. The number of allylic oxidation sites excluding steroid dienone is 2. The molecule has 0 unspecified atom stereocenters. The maximum Gasteiger partial charge on any atom is -0.0273 e. The molecule has 0 bridgehead atoms. The molecule has 0 spiro atoms. The van der Waals surface area contributed by atoms with Gasteiger partial charge in [0.2, 0.25) is 0 Å². The first-order valence-electron chi connectivity index (χ1n) is 9.43. The van der Waals surface area contributed by atoms with Crippen LogP contribution in [0, 0.1) is 13.8 Å². The molecule has 0 saturated carbocycles. The summed E-state index contributed by atoms with van der Waals surface area (Å²) in [6.45, 7) is 25.6. The Morgan fingerprint density at radius 3 is 1.70 bits per heavy atom. The van der Waals surface area contributed by atoms with E-state index in [4.69, 9.17) is 0 Å². The topological polar surface area (TPSA) is 0 Å². The summed E-state index contributed by atoms with van der Waals surface area (Å²) in [5.74, 6) is 0. The molecule has 1 aromatic rings. The van der Waals surface area contributed by atoms with Gasteiger partial charge in [-0.05, 0) is 50.7 Å². The number of benzene rings is 1.